The highest BCUT2D eigenvalue weighted by Gasteiger charge is 2.44. The molecule has 2 aliphatic rings. The summed E-state index contributed by atoms with van der Waals surface area (Å²) in [5, 5.41) is 14.4. The van der Waals surface area contributed by atoms with E-state index in [1.165, 1.54) is 35.7 Å². The zero-order chi connectivity index (χ0) is 32.6. The van der Waals surface area contributed by atoms with Crippen molar-refractivity contribution in [1.29, 1.82) is 0 Å². The molecule has 0 aliphatic carbocycles. The van der Waals surface area contributed by atoms with Crippen LogP contribution in [-0.4, -0.2) is 94.6 Å². The Morgan fingerprint density at radius 3 is 2.51 bits per heavy atom. The van der Waals surface area contributed by atoms with E-state index in [0.717, 1.165) is 5.56 Å². The van der Waals surface area contributed by atoms with Crippen molar-refractivity contribution in [2.24, 2.45) is 17.1 Å². The number of benzene rings is 2. The molecular weight excluding hydrogens is 606 g/mol. The number of primary amides is 1. The number of sulfonamides is 1. The predicted molar refractivity (Wildman–Crippen MR) is 163 cm³/mol. The minimum absolute atomic E-state index is 0.00114. The Labute approximate surface area is 264 Å². The lowest BCUT2D eigenvalue weighted by molar-refractivity contribution is -0.0907. The molecule has 0 radical (unpaired) electrons. The quantitative estimate of drug-likeness (QED) is 0.260. The summed E-state index contributed by atoms with van der Waals surface area (Å²) in [5.74, 6) is 0.414. The van der Waals surface area contributed by atoms with Gasteiger partial charge in [0.25, 0.3) is 0 Å². The van der Waals surface area contributed by atoms with Gasteiger partial charge >= 0.3 is 12.2 Å². The molecule has 2 saturated heterocycles. The van der Waals surface area contributed by atoms with Crippen molar-refractivity contribution in [3.63, 3.8) is 0 Å². The average molecular weight is 650 g/mol. The number of hydrogen-bond acceptors (Lipinski definition) is 10. The summed E-state index contributed by atoms with van der Waals surface area (Å²) in [6.45, 7) is 3.97. The average Bonchev–Trinajstić information content (AvgIpc) is 3.62. The van der Waals surface area contributed by atoms with E-state index in [2.05, 4.69) is 5.32 Å². The minimum Gasteiger partial charge on any atom is -0.497 e. The molecule has 0 bridgehead atoms. The molecule has 2 amide bonds. The summed E-state index contributed by atoms with van der Waals surface area (Å²) >= 11 is 0. The maximum Gasteiger partial charge on any atom is 0.407 e. The third-order valence-electron chi connectivity index (χ3n) is 8.03. The van der Waals surface area contributed by atoms with Crippen molar-refractivity contribution < 1.29 is 46.8 Å². The lowest BCUT2D eigenvalue weighted by Crippen LogP contribution is -2.52. The second-order valence-corrected chi connectivity index (χ2v) is 14.0. The van der Waals surface area contributed by atoms with E-state index in [1.54, 1.807) is 0 Å². The number of methoxy groups -OCH3 is 1. The minimum atomic E-state index is -4.15. The van der Waals surface area contributed by atoms with E-state index in [1.807, 2.05) is 44.2 Å². The zero-order valence-electron chi connectivity index (χ0n) is 25.8. The number of amides is 2. The van der Waals surface area contributed by atoms with Crippen LogP contribution in [0.15, 0.2) is 59.5 Å². The van der Waals surface area contributed by atoms with Crippen LogP contribution in [0.4, 0.5) is 9.59 Å². The van der Waals surface area contributed by atoms with Crippen LogP contribution >= 0.6 is 0 Å². The summed E-state index contributed by atoms with van der Waals surface area (Å²) in [6.07, 6.45) is -2.70. The maximum absolute atomic E-state index is 14.0. The SMILES string of the molecule is COc1ccc(S(=O)(=O)N(C[C@H](O)[C@H](Cc2ccccc2)NC(=O)O[C@H]2CO[C@H]3OCC[C@H]32)CC(C)(C)CCOC(N)=O)cc1. The van der Waals surface area contributed by atoms with Crippen molar-refractivity contribution >= 4 is 22.2 Å². The molecule has 13 nitrogen and oxygen atoms in total. The van der Waals surface area contributed by atoms with Crippen LogP contribution in [0.3, 0.4) is 0 Å². The molecule has 4 N–H and O–H groups in total. The molecule has 2 heterocycles. The number of hydrogen-bond donors (Lipinski definition) is 3. The van der Waals surface area contributed by atoms with Crippen molar-refractivity contribution in [2.45, 2.75) is 62.5 Å². The molecule has 45 heavy (non-hydrogen) atoms. The first-order valence-corrected chi connectivity index (χ1v) is 16.3. The summed E-state index contributed by atoms with van der Waals surface area (Å²) in [5.41, 5.74) is 5.23. The molecule has 2 aromatic rings. The summed E-state index contributed by atoms with van der Waals surface area (Å²) < 4.78 is 56.0. The van der Waals surface area contributed by atoms with Gasteiger partial charge in [-0.3, -0.25) is 0 Å². The molecule has 2 fully saturated rings. The van der Waals surface area contributed by atoms with Crippen LogP contribution in [0.25, 0.3) is 0 Å². The second kappa shape index (κ2) is 15.2. The van der Waals surface area contributed by atoms with Gasteiger partial charge in [-0.15, -0.1) is 0 Å². The fraction of sp³-hybridized carbons (Fsp3) is 0.548. The molecule has 4 rings (SSSR count). The molecule has 14 heteroatoms. The molecule has 0 unspecified atom stereocenters. The van der Waals surface area contributed by atoms with E-state index in [9.17, 15) is 23.1 Å². The molecule has 0 aromatic heterocycles. The molecule has 0 saturated carbocycles. The largest absolute Gasteiger partial charge is 0.497 e. The molecule has 2 aromatic carbocycles. The Kier molecular flexibility index (Phi) is 11.7. The number of nitrogens with one attached hydrogen (secondary N) is 1. The van der Waals surface area contributed by atoms with Crippen LogP contribution < -0.4 is 15.8 Å². The van der Waals surface area contributed by atoms with Crippen LogP contribution in [0.5, 0.6) is 5.75 Å². The molecule has 5 atom stereocenters. The number of fused-ring (bicyclic) bond motifs is 1. The topological polar surface area (TPSA) is 176 Å². The third-order valence-corrected chi connectivity index (χ3v) is 9.85. The lowest BCUT2D eigenvalue weighted by Gasteiger charge is -2.35. The zero-order valence-corrected chi connectivity index (χ0v) is 26.6. The van der Waals surface area contributed by atoms with Crippen LogP contribution in [0.2, 0.25) is 0 Å². The van der Waals surface area contributed by atoms with E-state index in [0.29, 0.717) is 25.2 Å². The Balaban J connectivity index is 1.56. The second-order valence-electron chi connectivity index (χ2n) is 12.0. The van der Waals surface area contributed by atoms with Gasteiger partial charge < -0.3 is 39.8 Å². The van der Waals surface area contributed by atoms with Gasteiger partial charge in [0.05, 0.1) is 49.9 Å². The maximum atomic E-state index is 14.0. The molecule has 248 valence electrons. The van der Waals surface area contributed by atoms with E-state index >= 15 is 0 Å². The first-order chi connectivity index (χ1) is 21.4. The first-order valence-electron chi connectivity index (χ1n) is 14.9. The summed E-state index contributed by atoms with van der Waals surface area (Å²) in [4.78, 5) is 24.2. The fourth-order valence-electron chi connectivity index (χ4n) is 5.49. The number of rotatable bonds is 15. The normalized spacial score (nSPS) is 21.1. The van der Waals surface area contributed by atoms with Gasteiger partial charge in [0.2, 0.25) is 10.0 Å². The molecule has 0 spiro atoms. The first kappa shape index (κ1) is 34.4. The van der Waals surface area contributed by atoms with Crippen molar-refractivity contribution in [3.8, 4) is 5.75 Å². The van der Waals surface area contributed by atoms with Gasteiger partial charge in [0.1, 0.15) is 11.9 Å². The highest BCUT2D eigenvalue weighted by atomic mass is 32.2. The molecular formula is C31H43N3O10S. The van der Waals surface area contributed by atoms with E-state index in [4.69, 9.17) is 29.4 Å². The smallest absolute Gasteiger partial charge is 0.407 e. The van der Waals surface area contributed by atoms with Gasteiger partial charge in [0.15, 0.2) is 6.29 Å². The number of carbonyl (C=O) groups excluding carboxylic acids is 2. The van der Waals surface area contributed by atoms with Crippen LogP contribution in [0, 0.1) is 11.3 Å². The van der Waals surface area contributed by atoms with Gasteiger partial charge in [0, 0.05) is 13.1 Å². The fourth-order valence-corrected chi connectivity index (χ4v) is 7.13. The Morgan fingerprint density at radius 1 is 1.13 bits per heavy atom. The van der Waals surface area contributed by atoms with E-state index in [-0.39, 0.29) is 43.5 Å². The Morgan fingerprint density at radius 2 is 1.84 bits per heavy atom. The number of carbonyl (C=O) groups is 2. The van der Waals surface area contributed by atoms with E-state index < -0.39 is 52.2 Å². The third kappa shape index (κ3) is 9.53. The van der Waals surface area contributed by atoms with Gasteiger partial charge in [-0.05, 0) is 54.5 Å². The highest BCUT2D eigenvalue weighted by Crippen LogP contribution is 2.33. The van der Waals surface area contributed by atoms with Crippen molar-refractivity contribution in [3.05, 3.63) is 60.2 Å². The number of aliphatic hydroxyl groups excluding tert-OH is 1. The van der Waals surface area contributed by atoms with Crippen molar-refractivity contribution in [2.75, 3.05) is 40.0 Å². The molecule has 2 aliphatic heterocycles. The van der Waals surface area contributed by atoms with Crippen LogP contribution in [-0.2, 0) is 35.4 Å². The van der Waals surface area contributed by atoms with Gasteiger partial charge in [-0.25, -0.2) is 18.0 Å². The standard InChI is InChI=1S/C31H43N3O10S/c1-31(2,14-16-42-29(32)36)20-34(45(38,39)23-11-9-22(40-3)10-12-23)18-26(35)25(17-21-7-5-4-6-8-21)33-30(37)44-27-19-43-28-24(27)13-15-41-28/h4-12,24-28,35H,13-20H2,1-3H3,(H2,32,36)(H,33,37)/t24-,25-,26-,27-,28+/m0/s1. The summed E-state index contributed by atoms with van der Waals surface area (Å²) in [6, 6.07) is 14.3. The van der Waals surface area contributed by atoms with Gasteiger partial charge in [-0.1, -0.05) is 44.2 Å². The Bertz CT molecular complexity index is 1370. The number of aliphatic hydroxyl groups is 1. The number of nitrogens with zero attached hydrogens (tertiary/aromatic N) is 1. The number of nitrogens with two attached hydrogens (primary N) is 1. The lowest BCUT2D eigenvalue weighted by atomic mass is 9.89. The Hall–Kier alpha value is -3.43. The predicted octanol–water partition coefficient (Wildman–Crippen LogP) is 2.66. The van der Waals surface area contributed by atoms with Crippen LogP contribution in [0.1, 0.15) is 32.3 Å². The number of ether oxygens (including phenoxy) is 5. The monoisotopic (exact) mass is 649 g/mol. The van der Waals surface area contributed by atoms with Crippen molar-refractivity contribution in [1.82, 2.24) is 9.62 Å². The highest BCUT2D eigenvalue weighted by molar-refractivity contribution is 7.89. The van der Waals surface area contributed by atoms with Gasteiger partial charge in [-0.2, -0.15) is 4.31 Å². The number of alkyl carbamates (subject to hydrolysis) is 1. The summed E-state index contributed by atoms with van der Waals surface area (Å²) in [7, 11) is -2.67.